The van der Waals surface area contributed by atoms with Crippen molar-refractivity contribution in [3.05, 3.63) is 59.8 Å². The maximum Gasteiger partial charge on any atom is 0.261 e. The summed E-state index contributed by atoms with van der Waals surface area (Å²) >= 11 is 6.06. The molecule has 0 aliphatic carbocycles. The van der Waals surface area contributed by atoms with Crippen LogP contribution in [0.2, 0.25) is 5.02 Å². The molecule has 0 amide bonds. The molecule has 0 spiro atoms. The minimum atomic E-state index is -3.90. The van der Waals surface area contributed by atoms with E-state index in [4.69, 9.17) is 11.6 Å². The van der Waals surface area contributed by atoms with Crippen LogP contribution in [0.4, 0.5) is 5.69 Å². The van der Waals surface area contributed by atoms with Crippen LogP contribution in [0.5, 0.6) is 0 Å². The molecule has 0 aliphatic rings. The zero-order chi connectivity index (χ0) is 19.7. The molecule has 1 aromatic heterocycles. The first kappa shape index (κ1) is 19.6. The first-order valence-corrected chi connectivity index (χ1v) is 11.2. The number of hydrogen-bond donors (Lipinski definition) is 2. The number of anilines is 1. The quantitative estimate of drug-likeness (QED) is 0.631. The molecule has 3 aromatic rings. The summed E-state index contributed by atoms with van der Waals surface area (Å²) in [5.74, 6) is 0. The number of sulfonamides is 2. The molecule has 1 heterocycles. The standard InChI is InChI=1S/C17H16ClN3O4S2/c1-2-20-26(22,23)14-6-8-15(9-7-14)27(24,25)21-13-10-12-4-3-5-16(18)17(12)19-11-13/h3-11,20-21H,2H2,1H3. The van der Waals surface area contributed by atoms with Gasteiger partial charge in [0.05, 0.1) is 32.2 Å². The summed E-state index contributed by atoms with van der Waals surface area (Å²) in [6.45, 7) is 1.90. The Morgan fingerprint density at radius 3 is 2.22 bits per heavy atom. The molecular formula is C17H16ClN3O4S2. The minimum absolute atomic E-state index is 0.00897. The number of halogens is 1. The van der Waals surface area contributed by atoms with Crippen LogP contribution < -0.4 is 9.44 Å². The van der Waals surface area contributed by atoms with Gasteiger partial charge in [-0.25, -0.2) is 21.6 Å². The van der Waals surface area contributed by atoms with Gasteiger partial charge in [0.1, 0.15) is 0 Å². The van der Waals surface area contributed by atoms with Crippen molar-refractivity contribution in [2.45, 2.75) is 16.7 Å². The van der Waals surface area contributed by atoms with Gasteiger partial charge in [-0.3, -0.25) is 9.71 Å². The summed E-state index contributed by atoms with van der Waals surface area (Å²) in [7, 11) is -7.55. The summed E-state index contributed by atoms with van der Waals surface area (Å²) in [4.78, 5) is 4.10. The molecule has 0 saturated heterocycles. The van der Waals surface area contributed by atoms with Crippen LogP contribution in [0.15, 0.2) is 64.5 Å². The van der Waals surface area contributed by atoms with Crippen molar-refractivity contribution in [3.63, 3.8) is 0 Å². The Kier molecular flexibility index (Phi) is 5.38. The zero-order valence-corrected chi connectivity index (χ0v) is 16.6. The monoisotopic (exact) mass is 425 g/mol. The summed E-state index contributed by atoms with van der Waals surface area (Å²) in [6.07, 6.45) is 1.37. The Bertz CT molecular complexity index is 1190. The van der Waals surface area contributed by atoms with E-state index in [0.717, 1.165) is 0 Å². The van der Waals surface area contributed by atoms with E-state index in [-0.39, 0.29) is 22.0 Å². The van der Waals surface area contributed by atoms with E-state index in [1.165, 1.54) is 30.5 Å². The molecule has 0 aliphatic heterocycles. The van der Waals surface area contributed by atoms with Gasteiger partial charge in [-0.1, -0.05) is 30.7 Å². The fraction of sp³-hybridized carbons (Fsp3) is 0.118. The summed E-state index contributed by atoms with van der Waals surface area (Å²) in [6, 6.07) is 11.8. The molecule has 7 nitrogen and oxygen atoms in total. The highest BCUT2D eigenvalue weighted by Crippen LogP contribution is 2.25. The predicted molar refractivity (Wildman–Crippen MR) is 105 cm³/mol. The second-order valence-electron chi connectivity index (χ2n) is 5.61. The van der Waals surface area contributed by atoms with E-state index < -0.39 is 20.0 Å². The van der Waals surface area contributed by atoms with Gasteiger partial charge in [-0.05, 0) is 36.4 Å². The number of aromatic nitrogens is 1. The number of rotatable bonds is 6. The molecule has 0 atom stereocenters. The van der Waals surface area contributed by atoms with E-state index in [0.29, 0.717) is 15.9 Å². The number of nitrogens with zero attached hydrogens (tertiary/aromatic N) is 1. The van der Waals surface area contributed by atoms with E-state index in [2.05, 4.69) is 14.4 Å². The van der Waals surface area contributed by atoms with Crippen molar-refractivity contribution in [2.24, 2.45) is 0 Å². The lowest BCUT2D eigenvalue weighted by molar-refractivity contribution is 0.583. The maximum absolute atomic E-state index is 12.6. The summed E-state index contributed by atoms with van der Waals surface area (Å²) in [5.41, 5.74) is 0.842. The predicted octanol–water partition coefficient (Wildman–Crippen LogP) is 2.99. The van der Waals surface area contributed by atoms with Crippen molar-refractivity contribution in [2.75, 3.05) is 11.3 Å². The topological polar surface area (TPSA) is 105 Å². The van der Waals surface area contributed by atoms with Gasteiger partial charge in [-0.15, -0.1) is 0 Å². The molecule has 10 heteroatoms. The second-order valence-corrected chi connectivity index (χ2v) is 9.47. The smallest absolute Gasteiger partial charge is 0.261 e. The highest BCUT2D eigenvalue weighted by atomic mass is 35.5. The Hall–Kier alpha value is -2.20. The normalized spacial score (nSPS) is 12.2. The van der Waals surface area contributed by atoms with Gasteiger partial charge in [0.15, 0.2) is 0 Å². The van der Waals surface area contributed by atoms with Gasteiger partial charge >= 0.3 is 0 Å². The lowest BCUT2D eigenvalue weighted by Crippen LogP contribution is -2.23. The minimum Gasteiger partial charge on any atom is -0.278 e. The lowest BCUT2D eigenvalue weighted by atomic mass is 10.2. The molecule has 2 N–H and O–H groups in total. The second kappa shape index (κ2) is 7.43. The first-order chi connectivity index (χ1) is 12.7. The summed E-state index contributed by atoms with van der Waals surface area (Å²) < 4.78 is 53.8. The van der Waals surface area contributed by atoms with Gasteiger partial charge in [0, 0.05) is 11.9 Å². The molecule has 0 bridgehead atoms. The number of pyridine rings is 1. The van der Waals surface area contributed by atoms with Crippen molar-refractivity contribution >= 4 is 48.2 Å². The van der Waals surface area contributed by atoms with E-state index in [9.17, 15) is 16.8 Å². The fourth-order valence-electron chi connectivity index (χ4n) is 2.46. The molecular weight excluding hydrogens is 410 g/mol. The number of hydrogen-bond acceptors (Lipinski definition) is 5. The zero-order valence-electron chi connectivity index (χ0n) is 14.2. The van der Waals surface area contributed by atoms with Crippen LogP contribution in [0.25, 0.3) is 10.9 Å². The molecule has 3 rings (SSSR count). The van der Waals surface area contributed by atoms with Crippen LogP contribution in [-0.2, 0) is 20.0 Å². The summed E-state index contributed by atoms with van der Waals surface area (Å²) in [5, 5.41) is 1.16. The van der Waals surface area contributed by atoms with Crippen LogP contribution in [0, 0.1) is 0 Å². The average Bonchev–Trinajstić information content (AvgIpc) is 2.61. The Morgan fingerprint density at radius 1 is 0.963 bits per heavy atom. The van der Waals surface area contributed by atoms with E-state index in [1.54, 1.807) is 31.2 Å². The van der Waals surface area contributed by atoms with Crippen molar-refractivity contribution in [1.82, 2.24) is 9.71 Å². The molecule has 0 unspecified atom stereocenters. The first-order valence-electron chi connectivity index (χ1n) is 7.90. The third-order valence-corrected chi connectivity index (χ3v) is 6.96. The van der Waals surface area contributed by atoms with Crippen LogP contribution >= 0.6 is 11.6 Å². The average molecular weight is 426 g/mol. The van der Waals surface area contributed by atoms with E-state index >= 15 is 0 Å². The van der Waals surface area contributed by atoms with Crippen LogP contribution in [0.1, 0.15) is 6.92 Å². The van der Waals surface area contributed by atoms with Gasteiger partial charge in [-0.2, -0.15) is 0 Å². The molecule has 2 aromatic carbocycles. The fourth-order valence-corrected chi connectivity index (χ4v) is 4.77. The number of para-hydroxylation sites is 1. The van der Waals surface area contributed by atoms with E-state index in [1.807, 2.05) is 0 Å². The number of benzene rings is 2. The highest BCUT2D eigenvalue weighted by molar-refractivity contribution is 7.92. The number of fused-ring (bicyclic) bond motifs is 1. The maximum atomic E-state index is 12.6. The molecule has 0 radical (unpaired) electrons. The SMILES string of the molecule is CCNS(=O)(=O)c1ccc(S(=O)(=O)Nc2cnc3c(Cl)cccc3c2)cc1. The third-order valence-electron chi connectivity index (χ3n) is 3.69. The van der Waals surface area contributed by atoms with Crippen LogP contribution in [0.3, 0.4) is 0 Å². The van der Waals surface area contributed by atoms with Crippen molar-refractivity contribution < 1.29 is 16.8 Å². The van der Waals surface area contributed by atoms with Crippen molar-refractivity contribution in [1.29, 1.82) is 0 Å². The molecule has 142 valence electrons. The van der Waals surface area contributed by atoms with Gasteiger partial charge in [0.2, 0.25) is 10.0 Å². The highest BCUT2D eigenvalue weighted by Gasteiger charge is 2.18. The third kappa shape index (κ3) is 4.22. The van der Waals surface area contributed by atoms with Gasteiger partial charge in [0.25, 0.3) is 10.0 Å². The molecule has 27 heavy (non-hydrogen) atoms. The number of nitrogens with one attached hydrogen (secondary N) is 2. The Morgan fingerprint density at radius 2 is 1.59 bits per heavy atom. The lowest BCUT2D eigenvalue weighted by Gasteiger charge is -2.10. The van der Waals surface area contributed by atoms with Crippen LogP contribution in [-0.4, -0.2) is 28.4 Å². The Labute approximate surface area is 162 Å². The van der Waals surface area contributed by atoms with Gasteiger partial charge < -0.3 is 0 Å². The molecule has 0 saturated carbocycles. The largest absolute Gasteiger partial charge is 0.278 e. The molecule has 0 fully saturated rings. The Balaban J connectivity index is 1.89. The van der Waals surface area contributed by atoms with Crippen molar-refractivity contribution in [3.8, 4) is 0 Å².